The summed E-state index contributed by atoms with van der Waals surface area (Å²) in [6, 6.07) is 4.39. The molecule has 1 heterocycles. The Morgan fingerprint density at radius 3 is 2.46 bits per heavy atom. The monoisotopic (exact) mass is 325 g/mol. The van der Waals surface area contributed by atoms with Gasteiger partial charge in [-0.25, -0.2) is 0 Å². The molecule has 1 saturated carbocycles. The van der Waals surface area contributed by atoms with Crippen LogP contribution in [0.2, 0.25) is 0 Å². The van der Waals surface area contributed by atoms with Crippen LogP contribution in [0.4, 0.5) is 0 Å². The highest BCUT2D eigenvalue weighted by Crippen LogP contribution is 2.37. The van der Waals surface area contributed by atoms with Crippen LogP contribution in [0.15, 0.2) is 48.8 Å². The van der Waals surface area contributed by atoms with Crippen LogP contribution in [-0.4, -0.2) is 4.98 Å². The van der Waals surface area contributed by atoms with Crippen LogP contribution < -0.4 is 0 Å². The first kappa shape index (κ1) is 19.0. The van der Waals surface area contributed by atoms with Crippen LogP contribution in [0.1, 0.15) is 83.1 Å². The molecule has 1 aliphatic rings. The maximum atomic E-state index is 4.15. The lowest BCUT2D eigenvalue weighted by Crippen LogP contribution is -2.13. The van der Waals surface area contributed by atoms with Gasteiger partial charge in [0, 0.05) is 12.4 Å². The van der Waals surface area contributed by atoms with E-state index in [1.54, 1.807) is 0 Å². The summed E-state index contributed by atoms with van der Waals surface area (Å²) in [4.78, 5) is 4.13. The number of allylic oxidation sites excluding steroid dienone is 3. The van der Waals surface area contributed by atoms with E-state index in [-0.39, 0.29) is 0 Å². The summed E-state index contributed by atoms with van der Waals surface area (Å²) in [5, 5.41) is 0. The molecule has 1 nitrogen and oxygen atoms in total. The lowest BCUT2D eigenvalue weighted by molar-refractivity contribution is 0.311. The second-order valence-electron chi connectivity index (χ2n) is 7.75. The van der Waals surface area contributed by atoms with Gasteiger partial charge in [-0.2, -0.15) is 0 Å². The largest absolute Gasteiger partial charge is 0.265 e. The number of unbranched alkanes of at least 4 members (excludes halogenated alkanes) is 1. The Kier molecular flexibility index (Phi) is 8.28. The zero-order valence-electron chi connectivity index (χ0n) is 15.7. The van der Waals surface area contributed by atoms with E-state index >= 15 is 0 Å². The molecule has 0 bridgehead atoms. The molecule has 1 aromatic rings. The Bertz CT molecular complexity index is 492. The van der Waals surface area contributed by atoms with Crippen LogP contribution in [0.25, 0.3) is 0 Å². The molecule has 0 aromatic carbocycles. The third-order valence-electron chi connectivity index (χ3n) is 5.62. The van der Waals surface area contributed by atoms with Crippen molar-refractivity contribution in [1.82, 2.24) is 4.98 Å². The smallest absolute Gasteiger partial charge is 0.0270 e. The topological polar surface area (TPSA) is 12.9 Å². The second-order valence-corrected chi connectivity index (χ2v) is 7.75. The molecule has 0 radical (unpaired) electrons. The molecule has 1 heteroatoms. The van der Waals surface area contributed by atoms with Gasteiger partial charge in [0.15, 0.2) is 0 Å². The van der Waals surface area contributed by atoms with Crippen molar-refractivity contribution in [2.45, 2.75) is 77.6 Å². The first-order chi connectivity index (χ1) is 11.7. The van der Waals surface area contributed by atoms with Crippen molar-refractivity contribution in [1.29, 1.82) is 0 Å². The quantitative estimate of drug-likeness (QED) is 0.349. The molecule has 0 aliphatic heterocycles. The summed E-state index contributed by atoms with van der Waals surface area (Å²) in [6.07, 6.45) is 20.4. The average Bonchev–Trinajstić information content (AvgIpc) is 2.62. The maximum absolute atomic E-state index is 4.15. The Morgan fingerprint density at radius 2 is 1.79 bits per heavy atom. The predicted octanol–water partition coefficient (Wildman–Crippen LogP) is 7.07. The van der Waals surface area contributed by atoms with Gasteiger partial charge in [-0.05, 0) is 93.2 Å². The zero-order chi connectivity index (χ0) is 17.2. The van der Waals surface area contributed by atoms with Gasteiger partial charge in [0.1, 0.15) is 0 Å². The first-order valence-corrected chi connectivity index (χ1v) is 9.89. The molecule has 0 amide bonds. The summed E-state index contributed by atoms with van der Waals surface area (Å²) in [5.41, 5.74) is 2.89. The van der Waals surface area contributed by atoms with Gasteiger partial charge >= 0.3 is 0 Å². The van der Waals surface area contributed by atoms with E-state index in [2.05, 4.69) is 49.7 Å². The van der Waals surface area contributed by atoms with Gasteiger partial charge in [0.25, 0.3) is 0 Å². The summed E-state index contributed by atoms with van der Waals surface area (Å²) < 4.78 is 0. The molecule has 132 valence electrons. The third kappa shape index (κ3) is 6.63. The van der Waals surface area contributed by atoms with Crippen molar-refractivity contribution < 1.29 is 0 Å². The van der Waals surface area contributed by atoms with Gasteiger partial charge in [-0.3, -0.25) is 4.98 Å². The van der Waals surface area contributed by atoms with Crippen molar-refractivity contribution in [2.75, 3.05) is 0 Å². The van der Waals surface area contributed by atoms with Gasteiger partial charge in [0.05, 0.1) is 0 Å². The SMILES string of the molecule is C=C(CCC/C=C/CCC1CCC(c2ccncc2)CC1)C(C)C. The van der Waals surface area contributed by atoms with Crippen LogP contribution in [0.3, 0.4) is 0 Å². The highest BCUT2D eigenvalue weighted by molar-refractivity contribution is 5.16. The predicted molar refractivity (Wildman–Crippen MR) is 105 cm³/mol. The van der Waals surface area contributed by atoms with Crippen LogP contribution >= 0.6 is 0 Å². The van der Waals surface area contributed by atoms with Crippen molar-refractivity contribution >= 4 is 0 Å². The van der Waals surface area contributed by atoms with Crippen molar-refractivity contribution in [3.8, 4) is 0 Å². The summed E-state index contributed by atoms with van der Waals surface area (Å²) in [5.74, 6) is 2.35. The summed E-state index contributed by atoms with van der Waals surface area (Å²) in [7, 11) is 0. The van der Waals surface area contributed by atoms with Crippen molar-refractivity contribution in [3.05, 3.63) is 54.4 Å². The number of hydrogen-bond donors (Lipinski definition) is 0. The van der Waals surface area contributed by atoms with E-state index < -0.39 is 0 Å². The van der Waals surface area contributed by atoms with Gasteiger partial charge in [0.2, 0.25) is 0 Å². The Labute approximate surface area is 149 Å². The molecule has 2 rings (SSSR count). The van der Waals surface area contributed by atoms with E-state index in [9.17, 15) is 0 Å². The molecule has 0 unspecified atom stereocenters. The van der Waals surface area contributed by atoms with Crippen LogP contribution in [0, 0.1) is 11.8 Å². The molecular formula is C23H35N. The molecule has 1 fully saturated rings. The second kappa shape index (κ2) is 10.5. The van der Waals surface area contributed by atoms with Gasteiger partial charge < -0.3 is 0 Å². The fraction of sp³-hybridized carbons (Fsp3) is 0.609. The number of rotatable bonds is 9. The minimum Gasteiger partial charge on any atom is -0.265 e. The molecule has 0 saturated heterocycles. The van der Waals surface area contributed by atoms with E-state index in [0.29, 0.717) is 5.92 Å². The molecular weight excluding hydrogens is 290 g/mol. The number of pyridine rings is 1. The normalized spacial score (nSPS) is 21.5. The molecule has 0 spiro atoms. The fourth-order valence-electron chi connectivity index (χ4n) is 3.72. The van der Waals surface area contributed by atoms with Gasteiger partial charge in [-0.1, -0.05) is 38.2 Å². The van der Waals surface area contributed by atoms with Crippen LogP contribution in [0.5, 0.6) is 0 Å². The van der Waals surface area contributed by atoms with E-state index in [0.717, 1.165) is 11.8 Å². The van der Waals surface area contributed by atoms with Gasteiger partial charge in [-0.15, -0.1) is 0 Å². The third-order valence-corrected chi connectivity index (χ3v) is 5.62. The number of hydrogen-bond acceptors (Lipinski definition) is 1. The van der Waals surface area contributed by atoms with Crippen LogP contribution in [-0.2, 0) is 0 Å². The zero-order valence-corrected chi connectivity index (χ0v) is 15.7. The molecule has 24 heavy (non-hydrogen) atoms. The Balaban J connectivity index is 1.55. The lowest BCUT2D eigenvalue weighted by Gasteiger charge is -2.28. The average molecular weight is 326 g/mol. The Morgan fingerprint density at radius 1 is 1.12 bits per heavy atom. The number of nitrogens with zero attached hydrogens (tertiary/aromatic N) is 1. The summed E-state index contributed by atoms with van der Waals surface area (Å²) in [6.45, 7) is 8.63. The van der Waals surface area contributed by atoms with Crippen molar-refractivity contribution in [3.63, 3.8) is 0 Å². The highest BCUT2D eigenvalue weighted by atomic mass is 14.6. The molecule has 0 atom stereocenters. The highest BCUT2D eigenvalue weighted by Gasteiger charge is 2.21. The minimum atomic E-state index is 0.635. The summed E-state index contributed by atoms with van der Waals surface area (Å²) >= 11 is 0. The first-order valence-electron chi connectivity index (χ1n) is 9.89. The molecule has 1 aromatic heterocycles. The maximum Gasteiger partial charge on any atom is 0.0270 e. The Hall–Kier alpha value is -1.37. The minimum absolute atomic E-state index is 0.635. The van der Waals surface area contributed by atoms with Crippen molar-refractivity contribution in [2.24, 2.45) is 11.8 Å². The van der Waals surface area contributed by atoms with E-state index in [1.165, 1.54) is 68.9 Å². The fourth-order valence-corrected chi connectivity index (χ4v) is 3.72. The van der Waals surface area contributed by atoms with E-state index in [1.807, 2.05) is 12.4 Å². The molecule has 1 aliphatic carbocycles. The number of aromatic nitrogens is 1. The lowest BCUT2D eigenvalue weighted by atomic mass is 9.77. The standard InChI is InChI=1S/C23H35N/c1-19(2)20(3)9-7-5-4-6-8-10-21-11-13-22(14-12-21)23-15-17-24-18-16-23/h4,6,15-19,21-22H,3,5,7-14H2,1-2H3/b6-4+. The van der Waals surface area contributed by atoms with E-state index in [4.69, 9.17) is 0 Å². The molecule has 0 N–H and O–H groups in total.